The minimum Gasteiger partial charge on any atom is -0.498 e. The van der Waals surface area contributed by atoms with Crippen LogP contribution < -0.4 is 0 Å². The van der Waals surface area contributed by atoms with Crippen molar-refractivity contribution in [3.05, 3.63) is 11.8 Å². The standard InChI is InChI=1S/C13H17BrO3/c1-6-11-8(14)4-7-9(15)5-10(16-3)12(17-11)13(6,7)2/h5-8,11-12H,4H2,1-3H3/t6-,7?,8+,11?,12?,13-/m0/s1. The maximum Gasteiger partial charge on any atom is 0.162 e. The zero-order valence-electron chi connectivity index (χ0n) is 10.3. The van der Waals surface area contributed by atoms with E-state index in [4.69, 9.17) is 9.47 Å². The van der Waals surface area contributed by atoms with Crippen molar-refractivity contribution in [2.75, 3.05) is 7.11 Å². The molecule has 2 aliphatic carbocycles. The number of hydrogen-bond acceptors (Lipinski definition) is 3. The molecule has 17 heavy (non-hydrogen) atoms. The highest BCUT2D eigenvalue weighted by Crippen LogP contribution is 2.60. The molecule has 1 saturated heterocycles. The molecule has 0 spiro atoms. The van der Waals surface area contributed by atoms with E-state index >= 15 is 0 Å². The van der Waals surface area contributed by atoms with E-state index in [1.807, 2.05) is 0 Å². The van der Waals surface area contributed by atoms with Gasteiger partial charge in [-0.15, -0.1) is 0 Å². The van der Waals surface area contributed by atoms with E-state index in [1.54, 1.807) is 13.2 Å². The number of fused-ring (bicyclic) bond motifs is 1. The second kappa shape index (κ2) is 3.58. The third kappa shape index (κ3) is 1.28. The maximum atomic E-state index is 12.2. The normalized spacial score (nSPS) is 52.4. The van der Waals surface area contributed by atoms with Crippen LogP contribution in [0.2, 0.25) is 0 Å². The van der Waals surface area contributed by atoms with Crippen LogP contribution in [0.5, 0.6) is 0 Å². The molecule has 94 valence electrons. The number of rotatable bonds is 1. The highest BCUT2D eigenvalue weighted by molar-refractivity contribution is 9.09. The van der Waals surface area contributed by atoms with Crippen molar-refractivity contribution < 1.29 is 14.3 Å². The van der Waals surface area contributed by atoms with Crippen LogP contribution in [0, 0.1) is 17.3 Å². The van der Waals surface area contributed by atoms with Crippen LogP contribution in [0.4, 0.5) is 0 Å². The van der Waals surface area contributed by atoms with Crippen molar-refractivity contribution >= 4 is 21.7 Å². The number of ether oxygens (including phenoxy) is 2. The molecule has 0 N–H and O–H groups in total. The minimum atomic E-state index is -0.105. The van der Waals surface area contributed by atoms with Gasteiger partial charge in [-0.2, -0.15) is 0 Å². The Morgan fingerprint density at radius 1 is 1.59 bits per heavy atom. The van der Waals surface area contributed by atoms with Crippen molar-refractivity contribution in [3.8, 4) is 0 Å². The molecule has 0 aromatic carbocycles. The van der Waals surface area contributed by atoms with Crippen LogP contribution in [0.15, 0.2) is 11.8 Å². The van der Waals surface area contributed by atoms with Gasteiger partial charge in [0.2, 0.25) is 0 Å². The summed E-state index contributed by atoms with van der Waals surface area (Å²) in [5.41, 5.74) is -0.105. The van der Waals surface area contributed by atoms with Crippen molar-refractivity contribution in [2.24, 2.45) is 17.3 Å². The van der Waals surface area contributed by atoms with E-state index in [9.17, 15) is 4.79 Å². The zero-order valence-corrected chi connectivity index (χ0v) is 11.9. The molecule has 0 amide bonds. The van der Waals surface area contributed by atoms with Gasteiger partial charge in [-0.05, 0) is 12.3 Å². The van der Waals surface area contributed by atoms with Crippen LogP contribution in [-0.4, -0.2) is 29.9 Å². The van der Waals surface area contributed by atoms with E-state index in [-0.39, 0.29) is 34.2 Å². The maximum absolute atomic E-state index is 12.2. The molecule has 3 rings (SSSR count). The first-order valence-electron chi connectivity index (χ1n) is 6.09. The summed E-state index contributed by atoms with van der Waals surface area (Å²) >= 11 is 3.67. The molecule has 6 atom stereocenters. The Balaban J connectivity index is 2.13. The van der Waals surface area contributed by atoms with Crippen LogP contribution in [0.3, 0.4) is 0 Å². The van der Waals surface area contributed by atoms with Crippen LogP contribution in [0.25, 0.3) is 0 Å². The molecular formula is C13H17BrO3. The molecule has 0 aromatic rings. The monoisotopic (exact) mass is 300 g/mol. The third-order valence-electron chi connectivity index (χ3n) is 5.02. The fourth-order valence-corrected chi connectivity index (χ4v) is 4.76. The Hall–Kier alpha value is -0.350. The second-order valence-electron chi connectivity index (χ2n) is 5.59. The van der Waals surface area contributed by atoms with E-state index in [1.165, 1.54) is 0 Å². The van der Waals surface area contributed by atoms with Gasteiger partial charge in [0, 0.05) is 22.2 Å². The van der Waals surface area contributed by atoms with E-state index in [0.717, 1.165) is 6.42 Å². The molecule has 1 aliphatic heterocycles. The van der Waals surface area contributed by atoms with Crippen molar-refractivity contribution in [1.29, 1.82) is 0 Å². The summed E-state index contributed by atoms with van der Waals surface area (Å²) in [5.74, 6) is 1.33. The summed E-state index contributed by atoms with van der Waals surface area (Å²) in [7, 11) is 1.62. The molecule has 2 bridgehead atoms. The third-order valence-corrected chi connectivity index (χ3v) is 5.92. The molecule has 0 radical (unpaired) electrons. The summed E-state index contributed by atoms with van der Waals surface area (Å²) in [6, 6.07) is 0. The second-order valence-corrected chi connectivity index (χ2v) is 6.77. The Bertz CT molecular complexity index is 405. The molecule has 3 unspecified atom stereocenters. The van der Waals surface area contributed by atoms with Crippen molar-refractivity contribution in [2.45, 2.75) is 37.3 Å². The van der Waals surface area contributed by atoms with Gasteiger partial charge in [0.25, 0.3) is 0 Å². The lowest BCUT2D eigenvalue weighted by molar-refractivity contribution is -0.127. The van der Waals surface area contributed by atoms with E-state index in [0.29, 0.717) is 11.7 Å². The summed E-state index contributed by atoms with van der Waals surface area (Å²) in [6.07, 6.45) is 2.63. The largest absolute Gasteiger partial charge is 0.498 e. The number of carbonyl (C=O) groups excluding carboxylic acids is 1. The van der Waals surface area contributed by atoms with E-state index in [2.05, 4.69) is 29.8 Å². The van der Waals surface area contributed by atoms with Crippen molar-refractivity contribution in [3.63, 3.8) is 0 Å². The average molecular weight is 301 g/mol. The van der Waals surface area contributed by atoms with Gasteiger partial charge in [0.15, 0.2) is 5.78 Å². The Labute approximate surface area is 110 Å². The summed E-state index contributed by atoms with van der Waals surface area (Å²) in [4.78, 5) is 12.5. The lowest BCUT2D eigenvalue weighted by Crippen LogP contribution is -2.51. The number of alkyl halides is 1. The quantitative estimate of drug-likeness (QED) is 0.697. The van der Waals surface area contributed by atoms with Crippen molar-refractivity contribution in [1.82, 2.24) is 0 Å². The van der Waals surface area contributed by atoms with Crippen LogP contribution in [-0.2, 0) is 14.3 Å². The summed E-state index contributed by atoms with van der Waals surface area (Å²) < 4.78 is 11.5. The Kier molecular flexibility index (Phi) is 2.47. The molecular weight excluding hydrogens is 284 g/mol. The highest BCUT2D eigenvalue weighted by atomic mass is 79.9. The number of methoxy groups -OCH3 is 1. The smallest absolute Gasteiger partial charge is 0.162 e. The predicted octanol–water partition coefficient (Wildman–Crippen LogP) is 2.29. The molecule has 3 nitrogen and oxygen atoms in total. The lowest BCUT2D eigenvalue weighted by Gasteiger charge is -2.46. The van der Waals surface area contributed by atoms with Gasteiger partial charge in [-0.1, -0.05) is 29.8 Å². The number of carbonyl (C=O) groups is 1. The van der Waals surface area contributed by atoms with Gasteiger partial charge in [-0.25, -0.2) is 0 Å². The van der Waals surface area contributed by atoms with Crippen LogP contribution in [0.1, 0.15) is 20.3 Å². The molecule has 0 aromatic heterocycles. The van der Waals surface area contributed by atoms with Gasteiger partial charge < -0.3 is 9.47 Å². The zero-order chi connectivity index (χ0) is 12.4. The van der Waals surface area contributed by atoms with Gasteiger partial charge in [0.05, 0.1) is 13.2 Å². The predicted molar refractivity (Wildman–Crippen MR) is 66.9 cm³/mol. The molecule has 1 saturated carbocycles. The van der Waals surface area contributed by atoms with Gasteiger partial charge in [-0.3, -0.25) is 4.79 Å². The number of ketones is 1. The lowest BCUT2D eigenvalue weighted by atomic mass is 9.57. The highest BCUT2D eigenvalue weighted by Gasteiger charge is 2.65. The molecule has 2 fully saturated rings. The molecule has 1 heterocycles. The summed E-state index contributed by atoms with van der Waals surface area (Å²) in [5, 5.41) is 0. The number of halogens is 1. The first-order chi connectivity index (χ1) is 8.00. The Morgan fingerprint density at radius 3 is 2.94 bits per heavy atom. The molecule has 4 heteroatoms. The number of hydrogen-bond donors (Lipinski definition) is 0. The van der Waals surface area contributed by atoms with Crippen LogP contribution >= 0.6 is 15.9 Å². The first kappa shape index (κ1) is 11.7. The molecule has 3 aliphatic rings. The fourth-order valence-electron chi connectivity index (χ4n) is 3.80. The minimum absolute atomic E-state index is 0.0576. The van der Waals surface area contributed by atoms with Gasteiger partial charge in [0.1, 0.15) is 11.9 Å². The summed E-state index contributed by atoms with van der Waals surface area (Å²) in [6.45, 7) is 4.37. The fraction of sp³-hybridized carbons (Fsp3) is 0.769. The Morgan fingerprint density at radius 2 is 2.29 bits per heavy atom. The number of allylic oxidation sites excluding steroid dienone is 1. The topological polar surface area (TPSA) is 35.5 Å². The first-order valence-corrected chi connectivity index (χ1v) is 7.00. The SMILES string of the molecule is COC1=CC(=O)C2C[C@@H](Br)C3OC1[C@@]2(C)[C@H]3C. The van der Waals surface area contributed by atoms with E-state index < -0.39 is 0 Å². The van der Waals surface area contributed by atoms with Gasteiger partial charge >= 0.3 is 0 Å². The average Bonchev–Trinajstić information content (AvgIpc) is 2.52.